The molecule has 0 spiro atoms. The number of fused-ring (bicyclic) bond motifs is 1. The smallest absolute Gasteiger partial charge is 0.218 e. The lowest BCUT2D eigenvalue weighted by Crippen LogP contribution is -2.55. The maximum absolute atomic E-state index is 13.4. The Morgan fingerprint density at radius 1 is 1.42 bits per heavy atom. The molecule has 1 aliphatic carbocycles. The van der Waals surface area contributed by atoms with Crippen molar-refractivity contribution in [2.75, 3.05) is 26.8 Å². The minimum Gasteiger partial charge on any atom is -0.384 e. The molecule has 1 aliphatic heterocycles. The third-order valence-corrected chi connectivity index (χ3v) is 7.65. The maximum atomic E-state index is 13.4. The van der Waals surface area contributed by atoms with Crippen LogP contribution in [-0.2, 0) is 20.5 Å². The third kappa shape index (κ3) is 2.98. The lowest BCUT2D eigenvalue weighted by molar-refractivity contribution is -0.106. The number of sulfonamides is 1. The molecule has 0 aromatic heterocycles. The summed E-state index contributed by atoms with van der Waals surface area (Å²) < 4.78 is 46.0. The Morgan fingerprint density at radius 2 is 2.12 bits per heavy atom. The van der Waals surface area contributed by atoms with E-state index in [-0.39, 0.29) is 27.5 Å². The highest BCUT2D eigenvalue weighted by Crippen LogP contribution is 2.63. The molecule has 1 saturated heterocycles. The van der Waals surface area contributed by atoms with E-state index in [1.54, 1.807) is 7.11 Å². The summed E-state index contributed by atoms with van der Waals surface area (Å²) in [5.41, 5.74) is 0.312. The maximum Gasteiger partial charge on any atom is 0.218 e. The Balaban J connectivity index is 1.82. The Kier molecular flexibility index (Phi) is 4.48. The first-order valence-electron chi connectivity index (χ1n) is 8.00. The summed E-state index contributed by atoms with van der Waals surface area (Å²) in [7, 11) is -1.90. The van der Waals surface area contributed by atoms with Gasteiger partial charge >= 0.3 is 0 Å². The number of ether oxygens (including phenoxy) is 1. The molecular formula is C17H23ClFNO3S. The molecule has 4 nitrogen and oxygen atoms in total. The van der Waals surface area contributed by atoms with Crippen molar-refractivity contribution in [2.24, 2.45) is 16.7 Å². The van der Waals surface area contributed by atoms with Gasteiger partial charge in [0.25, 0.3) is 0 Å². The average Bonchev–Trinajstić information content (AvgIpc) is 2.79. The van der Waals surface area contributed by atoms with Crippen LogP contribution in [0.25, 0.3) is 0 Å². The number of nitrogens with zero attached hydrogens (tertiary/aromatic N) is 1. The first kappa shape index (κ1) is 18.1. The lowest BCUT2D eigenvalue weighted by Gasteiger charge is -2.56. The first-order chi connectivity index (χ1) is 11.1. The van der Waals surface area contributed by atoms with Crippen LogP contribution in [0.3, 0.4) is 0 Å². The van der Waals surface area contributed by atoms with Crippen molar-refractivity contribution < 1.29 is 17.5 Å². The molecule has 0 amide bonds. The van der Waals surface area contributed by atoms with Gasteiger partial charge in [0, 0.05) is 30.6 Å². The van der Waals surface area contributed by atoms with Crippen LogP contribution in [0, 0.1) is 22.6 Å². The van der Waals surface area contributed by atoms with Crippen molar-refractivity contribution >= 4 is 21.6 Å². The van der Waals surface area contributed by atoms with Crippen molar-refractivity contribution in [1.82, 2.24) is 4.31 Å². The molecule has 0 N–H and O–H groups in total. The second-order valence-electron chi connectivity index (χ2n) is 7.80. The van der Waals surface area contributed by atoms with Crippen molar-refractivity contribution in [3.63, 3.8) is 0 Å². The standard InChI is InChI=1S/C17H23ClFNO3S/c1-16(2)9-17(11-23-3)10-20(7-15(16)17)24(21,22)8-12-6-13(19)4-5-14(12)18/h4-6,15H,7-11H2,1-3H3/t15-,17-/m1/s1. The van der Waals surface area contributed by atoms with Crippen LogP contribution in [0.15, 0.2) is 18.2 Å². The summed E-state index contributed by atoms with van der Waals surface area (Å²) >= 11 is 6.03. The second-order valence-corrected chi connectivity index (χ2v) is 10.2. The van der Waals surface area contributed by atoms with E-state index in [1.807, 2.05) is 0 Å². The van der Waals surface area contributed by atoms with Gasteiger partial charge in [0.2, 0.25) is 10.0 Å². The quantitative estimate of drug-likeness (QED) is 0.793. The van der Waals surface area contributed by atoms with Crippen LogP contribution in [0.4, 0.5) is 4.39 Å². The van der Waals surface area contributed by atoms with Crippen LogP contribution in [0.1, 0.15) is 25.8 Å². The minimum absolute atomic E-state index is 0.100. The van der Waals surface area contributed by atoms with Crippen LogP contribution in [-0.4, -0.2) is 39.5 Å². The van der Waals surface area contributed by atoms with Crippen LogP contribution < -0.4 is 0 Å². The normalized spacial score (nSPS) is 29.3. The molecule has 0 bridgehead atoms. The minimum atomic E-state index is -3.56. The highest BCUT2D eigenvalue weighted by atomic mass is 35.5. The van der Waals surface area contributed by atoms with E-state index in [0.717, 1.165) is 6.42 Å². The summed E-state index contributed by atoms with van der Waals surface area (Å²) in [6.45, 7) is 5.86. The van der Waals surface area contributed by atoms with Gasteiger partial charge in [-0.25, -0.2) is 17.1 Å². The largest absolute Gasteiger partial charge is 0.384 e. The summed E-state index contributed by atoms with van der Waals surface area (Å²) in [4.78, 5) is 0. The van der Waals surface area contributed by atoms with Gasteiger partial charge in [-0.15, -0.1) is 0 Å². The molecule has 2 atom stereocenters. The van der Waals surface area contributed by atoms with Gasteiger partial charge in [-0.3, -0.25) is 0 Å². The van der Waals surface area contributed by atoms with Crippen molar-refractivity contribution in [1.29, 1.82) is 0 Å². The van der Waals surface area contributed by atoms with E-state index in [2.05, 4.69) is 13.8 Å². The fourth-order valence-corrected chi connectivity index (χ4v) is 6.62. The SMILES string of the molecule is COC[C@@]12CN(S(=O)(=O)Cc3cc(F)ccc3Cl)C[C@@H]1C(C)(C)C2. The van der Waals surface area contributed by atoms with Gasteiger partial charge in [-0.2, -0.15) is 0 Å². The van der Waals surface area contributed by atoms with Gasteiger partial charge in [0.15, 0.2) is 0 Å². The number of rotatable bonds is 5. The Morgan fingerprint density at radius 3 is 2.75 bits per heavy atom. The molecule has 24 heavy (non-hydrogen) atoms. The van der Waals surface area contributed by atoms with Crippen molar-refractivity contribution in [2.45, 2.75) is 26.0 Å². The molecule has 134 valence electrons. The number of hydrogen-bond acceptors (Lipinski definition) is 3. The molecule has 1 saturated carbocycles. The molecule has 3 rings (SSSR count). The zero-order valence-corrected chi connectivity index (χ0v) is 15.8. The van der Waals surface area contributed by atoms with E-state index in [1.165, 1.54) is 22.5 Å². The molecule has 1 heterocycles. The highest BCUT2D eigenvalue weighted by molar-refractivity contribution is 7.88. The first-order valence-corrected chi connectivity index (χ1v) is 9.99. The van der Waals surface area contributed by atoms with E-state index >= 15 is 0 Å². The van der Waals surface area contributed by atoms with Crippen LogP contribution in [0.2, 0.25) is 5.02 Å². The third-order valence-electron chi connectivity index (χ3n) is 5.54. The molecule has 2 aliphatic rings. The van der Waals surface area contributed by atoms with E-state index < -0.39 is 15.8 Å². The summed E-state index contributed by atoms with van der Waals surface area (Å²) in [5.74, 6) is -0.481. The van der Waals surface area contributed by atoms with Gasteiger partial charge in [0.1, 0.15) is 5.82 Å². The fraction of sp³-hybridized carbons (Fsp3) is 0.647. The molecule has 2 fully saturated rings. The monoisotopic (exact) mass is 375 g/mol. The van der Waals surface area contributed by atoms with E-state index in [0.29, 0.717) is 25.3 Å². The number of hydrogen-bond donors (Lipinski definition) is 0. The predicted octanol–water partition coefficient (Wildman–Crippen LogP) is 3.30. The number of benzene rings is 1. The van der Waals surface area contributed by atoms with Crippen LogP contribution >= 0.6 is 11.6 Å². The van der Waals surface area contributed by atoms with E-state index in [9.17, 15) is 12.8 Å². The van der Waals surface area contributed by atoms with Crippen molar-refractivity contribution in [3.05, 3.63) is 34.6 Å². The highest BCUT2D eigenvalue weighted by Gasteiger charge is 2.64. The zero-order chi connectivity index (χ0) is 17.8. The van der Waals surface area contributed by atoms with Crippen LogP contribution in [0.5, 0.6) is 0 Å². The van der Waals surface area contributed by atoms with Gasteiger partial charge in [-0.1, -0.05) is 25.4 Å². The van der Waals surface area contributed by atoms with E-state index in [4.69, 9.17) is 16.3 Å². The fourth-order valence-electron chi connectivity index (χ4n) is 4.72. The Hall–Kier alpha value is -0.690. The molecule has 7 heteroatoms. The zero-order valence-electron chi connectivity index (χ0n) is 14.2. The lowest BCUT2D eigenvalue weighted by atomic mass is 9.48. The molecule has 0 radical (unpaired) electrons. The summed E-state index contributed by atoms with van der Waals surface area (Å²) in [6.07, 6.45) is 0.950. The Labute approximate surface area is 148 Å². The van der Waals surface area contributed by atoms with Crippen molar-refractivity contribution in [3.8, 4) is 0 Å². The molecule has 1 aromatic carbocycles. The predicted molar refractivity (Wildman–Crippen MR) is 91.8 cm³/mol. The topological polar surface area (TPSA) is 46.6 Å². The molecule has 1 aromatic rings. The molecular weight excluding hydrogens is 353 g/mol. The Bertz CT molecular complexity index is 752. The second kappa shape index (κ2) is 5.94. The van der Waals surface area contributed by atoms with Gasteiger partial charge in [-0.05, 0) is 41.5 Å². The molecule has 0 unspecified atom stereocenters. The average molecular weight is 376 g/mol. The van der Waals surface area contributed by atoms with Gasteiger partial charge < -0.3 is 4.74 Å². The van der Waals surface area contributed by atoms with Gasteiger partial charge in [0.05, 0.1) is 12.4 Å². The number of halogens is 2. The number of methoxy groups -OCH3 is 1. The summed E-state index contributed by atoms with van der Waals surface area (Å²) in [6, 6.07) is 3.81. The summed E-state index contributed by atoms with van der Waals surface area (Å²) in [5, 5.41) is 0.272.